The molecular weight excluding hydrogens is 244 g/mol. The van der Waals surface area contributed by atoms with E-state index in [0.29, 0.717) is 18.4 Å². The molecule has 0 aliphatic heterocycles. The fraction of sp³-hybridized carbons (Fsp3) is 0.286. The summed E-state index contributed by atoms with van der Waals surface area (Å²) < 4.78 is 0. The second kappa shape index (κ2) is 5.67. The van der Waals surface area contributed by atoms with Crippen molar-refractivity contribution >= 4 is 16.7 Å². The number of fused-ring (bicyclic) bond motifs is 1. The average Bonchev–Trinajstić information content (AvgIpc) is 2.38. The van der Waals surface area contributed by atoms with Gasteiger partial charge in [-0.05, 0) is 30.9 Å². The summed E-state index contributed by atoms with van der Waals surface area (Å²) >= 11 is 0. The van der Waals surface area contributed by atoms with Gasteiger partial charge in [0.15, 0.2) is 0 Å². The third-order valence-corrected chi connectivity index (χ3v) is 2.85. The van der Waals surface area contributed by atoms with Crippen molar-refractivity contribution in [3.8, 4) is 0 Å². The van der Waals surface area contributed by atoms with Crippen LogP contribution in [0.2, 0.25) is 0 Å². The van der Waals surface area contributed by atoms with Crippen LogP contribution in [-0.4, -0.2) is 28.6 Å². The van der Waals surface area contributed by atoms with E-state index in [-0.39, 0.29) is 17.2 Å². The van der Waals surface area contributed by atoms with Gasteiger partial charge in [-0.15, -0.1) is 0 Å². The Morgan fingerprint density at radius 1 is 1.42 bits per heavy atom. The lowest BCUT2D eigenvalue weighted by Crippen LogP contribution is -2.28. The maximum absolute atomic E-state index is 11.9. The Hall–Kier alpha value is -2.14. The van der Waals surface area contributed by atoms with E-state index in [4.69, 9.17) is 5.11 Å². The number of hydrogen-bond donors (Lipinski definition) is 3. The molecular formula is C14H16N2O3. The minimum Gasteiger partial charge on any atom is -0.393 e. The molecule has 100 valence electrons. The second-order valence-electron chi connectivity index (χ2n) is 4.49. The molecule has 1 atom stereocenters. The quantitative estimate of drug-likeness (QED) is 0.768. The van der Waals surface area contributed by atoms with Crippen molar-refractivity contribution in [3.05, 3.63) is 46.4 Å². The molecule has 1 unspecified atom stereocenters. The van der Waals surface area contributed by atoms with Crippen molar-refractivity contribution in [3.63, 3.8) is 0 Å². The number of carbonyl (C=O) groups excluding carboxylic acids is 1. The second-order valence-corrected chi connectivity index (χ2v) is 4.49. The third-order valence-electron chi connectivity index (χ3n) is 2.85. The number of rotatable bonds is 4. The number of aromatic amines is 1. The van der Waals surface area contributed by atoms with Crippen molar-refractivity contribution in [2.24, 2.45) is 0 Å². The van der Waals surface area contributed by atoms with Gasteiger partial charge in [0.05, 0.1) is 6.10 Å². The molecule has 5 heteroatoms. The van der Waals surface area contributed by atoms with Crippen LogP contribution in [0.4, 0.5) is 0 Å². The van der Waals surface area contributed by atoms with Crippen molar-refractivity contribution in [1.29, 1.82) is 0 Å². The van der Waals surface area contributed by atoms with E-state index >= 15 is 0 Å². The van der Waals surface area contributed by atoms with Crippen molar-refractivity contribution in [2.45, 2.75) is 19.4 Å². The number of amides is 1. The Kier molecular flexibility index (Phi) is 3.97. The number of H-pyrrole nitrogens is 1. The Bertz CT molecular complexity index is 646. The lowest BCUT2D eigenvalue weighted by atomic mass is 10.1. The molecule has 5 nitrogen and oxygen atoms in total. The van der Waals surface area contributed by atoms with Gasteiger partial charge in [-0.25, -0.2) is 0 Å². The van der Waals surface area contributed by atoms with E-state index in [1.54, 1.807) is 31.2 Å². The summed E-state index contributed by atoms with van der Waals surface area (Å²) in [5.41, 5.74) is -0.0481. The molecule has 2 rings (SSSR count). The van der Waals surface area contributed by atoms with Crippen LogP contribution in [0.3, 0.4) is 0 Å². The van der Waals surface area contributed by atoms with Crippen LogP contribution in [0.1, 0.15) is 23.8 Å². The summed E-state index contributed by atoms with van der Waals surface area (Å²) in [6, 6.07) is 8.74. The maximum Gasteiger partial charge on any atom is 0.267 e. The Morgan fingerprint density at radius 2 is 2.16 bits per heavy atom. The van der Waals surface area contributed by atoms with Gasteiger partial charge in [-0.3, -0.25) is 9.59 Å². The molecule has 1 heterocycles. The first-order valence-electron chi connectivity index (χ1n) is 6.16. The number of nitrogens with one attached hydrogen (secondary N) is 2. The minimum atomic E-state index is -0.462. The number of aromatic nitrogens is 1. The van der Waals surface area contributed by atoms with Crippen LogP contribution in [0, 0.1) is 0 Å². The highest BCUT2D eigenvalue weighted by molar-refractivity contribution is 5.96. The first-order valence-corrected chi connectivity index (χ1v) is 6.16. The standard InChI is InChI=1S/C14H16N2O3/c1-9(17)6-7-15-14(19)12-8-10-4-2-3-5-11(10)13(18)16-12/h2-5,8-9,17H,6-7H2,1H3,(H,15,19)(H,16,18). The van der Waals surface area contributed by atoms with Crippen molar-refractivity contribution < 1.29 is 9.90 Å². The molecule has 1 aromatic heterocycles. The number of hydrogen-bond acceptors (Lipinski definition) is 3. The molecule has 0 spiro atoms. The molecule has 0 aliphatic carbocycles. The van der Waals surface area contributed by atoms with Crippen LogP contribution < -0.4 is 10.9 Å². The topological polar surface area (TPSA) is 82.2 Å². The first kappa shape index (κ1) is 13.3. The largest absolute Gasteiger partial charge is 0.393 e. The summed E-state index contributed by atoms with van der Waals surface area (Å²) in [6.45, 7) is 2.02. The molecule has 0 saturated heterocycles. The van der Waals surface area contributed by atoms with Gasteiger partial charge in [0.25, 0.3) is 11.5 Å². The van der Waals surface area contributed by atoms with Gasteiger partial charge in [-0.1, -0.05) is 18.2 Å². The summed E-state index contributed by atoms with van der Waals surface area (Å²) in [5.74, 6) is -0.344. The number of aliphatic hydroxyl groups is 1. The lowest BCUT2D eigenvalue weighted by molar-refractivity contribution is 0.0940. The van der Waals surface area contributed by atoms with E-state index in [9.17, 15) is 9.59 Å². The van der Waals surface area contributed by atoms with E-state index in [1.165, 1.54) is 0 Å². The van der Waals surface area contributed by atoms with Gasteiger partial charge in [0.2, 0.25) is 0 Å². The van der Waals surface area contributed by atoms with Crippen LogP contribution in [0.5, 0.6) is 0 Å². The van der Waals surface area contributed by atoms with Gasteiger partial charge >= 0.3 is 0 Å². The van der Waals surface area contributed by atoms with Crippen LogP contribution >= 0.6 is 0 Å². The first-order chi connectivity index (χ1) is 9.08. The molecule has 0 fully saturated rings. The van der Waals surface area contributed by atoms with Gasteiger partial charge < -0.3 is 15.4 Å². The molecule has 1 aromatic carbocycles. The summed E-state index contributed by atoms with van der Waals surface area (Å²) in [5, 5.41) is 13.1. The molecule has 0 bridgehead atoms. The lowest BCUT2D eigenvalue weighted by Gasteiger charge is -2.07. The summed E-state index contributed by atoms with van der Waals surface area (Å²) in [6.07, 6.45) is 0.0137. The molecule has 0 saturated carbocycles. The maximum atomic E-state index is 11.9. The Balaban J connectivity index is 2.21. The highest BCUT2D eigenvalue weighted by atomic mass is 16.3. The zero-order valence-electron chi connectivity index (χ0n) is 10.6. The number of carbonyl (C=O) groups is 1. The highest BCUT2D eigenvalue weighted by Crippen LogP contribution is 2.09. The predicted molar refractivity (Wildman–Crippen MR) is 73.2 cm³/mol. The summed E-state index contributed by atoms with van der Waals surface area (Å²) in [4.78, 5) is 26.2. The number of benzene rings is 1. The van der Waals surface area contributed by atoms with Gasteiger partial charge in [0, 0.05) is 11.9 Å². The number of pyridine rings is 1. The van der Waals surface area contributed by atoms with E-state index < -0.39 is 6.10 Å². The summed E-state index contributed by atoms with van der Waals surface area (Å²) in [7, 11) is 0. The molecule has 2 aromatic rings. The zero-order chi connectivity index (χ0) is 13.8. The Morgan fingerprint density at radius 3 is 2.89 bits per heavy atom. The molecule has 1 amide bonds. The van der Waals surface area contributed by atoms with Gasteiger partial charge in [-0.2, -0.15) is 0 Å². The predicted octanol–water partition coefficient (Wildman–Crippen LogP) is 1.03. The van der Waals surface area contributed by atoms with Crippen molar-refractivity contribution in [1.82, 2.24) is 10.3 Å². The van der Waals surface area contributed by atoms with E-state index in [1.807, 2.05) is 6.07 Å². The molecule has 0 radical (unpaired) electrons. The van der Waals surface area contributed by atoms with Crippen LogP contribution in [0.15, 0.2) is 35.1 Å². The monoisotopic (exact) mass is 260 g/mol. The SMILES string of the molecule is CC(O)CCNC(=O)c1cc2ccccc2c(=O)[nH]1. The van der Waals surface area contributed by atoms with E-state index in [0.717, 1.165) is 5.39 Å². The molecule has 0 aliphatic rings. The van der Waals surface area contributed by atoms with E-state index in [2.05, 4.69) is 10.3 Å². The normalized spacial score (nSPS) is 12.3. The van der Waals surface area contributed by atoms with Crippen LogP contribution in [-0.2, 0) is 0 Å². The fourth-order valence-electron chi connectivity index (χ4n) is 1.82. The molecule has 19 heavy (non-hydrogen) atoms. The van der Waals surface area contributed by atoms with Crippen molar-refractivity contribution in [2.75, 3.05) is 6.54 Å². The van der Waals surface area contributed by atoms with Crippen LogP contribution in [0.25, 0.3) is 10.8 Å². The zero-order valence-corrected chi connectivity index (χ0v) is 10.6. The Labute approximate surface area is 110 Å². The minimum absolute atomic E-state index is 0.231. The number of aliphatic hydroxyl groups excluding tert-OH is 1. The average molecular weight is 260 g/mol. The third kappa shape index (κ3) is 3.20. The highest BCUT2D eigenvalue weighted by Gasteiger charge is 2.09. The molecule has 3 N–H and O–H groups in total. The smallest absolute Gasteiger partial charge is 0.267 e. The van der Waals surface area contributed by atoms with Gasteiger partial charge in [0.1, 0.15) is 5.69 Å². The fourth-order valence-corrected chi connectivity index (χ4v) is 1.82.